The Balaban J connectivity index is 0.000000187. The normalized spacial score (nSPS) is 18.8. The van der Waals surface area contributed by atoms with Crippen LogP contribution in [0.25, 0.3) is 0 Å². The Kier molecular flexibility index (Phi) is 8.63. The Labute approximate surface area is 229 Å². The molecule has 0 aromatic heterocycles. The van der Waals surface area contributed by atoms with Crippen LogP contribution in [-0.2, 0) is 14.7 Å². The maximum Gasteiger partial charge on any atom is 0.347 e. The van der Waals surface area contributed by atoms with Crippen molar-refractivity contribution in [2.24, 2.45) is 0 Å². The topological polar surface area (TPSA) is 114 Å². The first-order valence-corrected chi connectivity index (χ1v) is 15.4. The van der Waals surface area contributed by atoms with Crippen molar-refractivity contribution in [3.8, 4) is 6.07 Å². The van der Waals surface area contributed by atoms with Crippen LogP contribution in [0.15, 0.2) is 115 Å². The molecule has 0 N–H and O–H groups in total. The van der Waals surface area contributed by atoms with Gasteiger partial charge in [-0.05, 0) is 61.9 Å². The summed E-state index contributed by atoms with van der Waals surface area (Å²) in [6.45, 7) is 3.89. The van der Waals surface area contributed by atoms with E-state index in [1.165, 1.54) is 22.0 Å². The number of rotatable bonds is 6. The van der Waals surface area contributed by atoms with Gasteiger partial charge in [0.05, 0.1) is 18.4 Å². The first-order valence-electron chi connectivity index (χ1n) is 12.2. The third-order valence-electron chi connectivity index (χ3n) is 6.54. The molecule has 200 valence electrons. The largest absolute Gasteiger partial charge is 0.724 e. The molecule has 2 amide bonds. The van der Waals surface area contributed by atoms with Gasteiger partial charge < -0.3 is 9.45 Å². The molecule has 0 spiro atoms. The summed E-state index contributed by atoms with van der Waals surface area (Å²) in [6.07, 6.45) is 3.73. The molecule has 8 nitrogen and oxygen atoms in total. The van der Waals surface area contributed by atoms with Crippen molar-refractivity contribution in [1.29, 1.82) is 5.26 Å². The van der Waals surface area contributed by atoms with E-state index in [9.17, 15) is 17.8 Å². The fourth-order valence-corrected chi connectivity index (χ4v) is 8.97. The van der Waals surface area contributed by atoms with Crippen molar-refractivity contribution in [2.75, 3.05) is 6.54 Å². The number of urea groups is 1. The van der Waals surface area contributed by atoms with Crippen molar-refractivity contribution < 1.29 is 22.0 Å². The van der Waals surface area contributed by atoms with Crippen LogP contribution in [0.3, 0.4) is 0 Å². The molecule has 39 heavy (non-hydrogen) atoms. The minimum absolute atomic E-state index is 0.134. The summed E-state index contributed by atoms with van der Waals surface area (Å²) in [7, 11) is -6.74. The molecule has 3 aromatic rings. The molecule has 2 atom stereocenters. The van der Waals surface area contributed by atoms with Crippen LogP contribution in [-0.4, -0.2) is 47.6 Å². The average Bonchev–Trinajstić information content (AvgIpc) is 3.22. The van der Waals surface area contributed by atoms with Crippen LogP contribution >= 0.6 is 7.26 Å². The van der Waals surface area contributed by atoms with E-state index < -0.39 is 35.8 Å². The van der Waals surface area contributed by atoms with Crippen LogP contribution in [0.5, 0.6) is 0 Å². The maximum absolute atomic E-state index is 11.7. The Morgan fingerprint density at radius 3 is 1.79 bits per heavy atom. The van der Waals surface area contributed by atoms with Gasteiger partial charge in [-0.2, -0.15) is 14.6 Å². The molecular formula is C29H28N3O5PS. The zero-order valence-corrected chi connectivity index (χ0v) is 23.2. The molecule has 0 saturated carbocycles. The quantitative estimate of drug-likeness (QED) is 0.196. The standard InChI is InChI=1S/C21H20P.C8H9N3O5S/c1-2-18-22(19-12-6-3-7-13-19,20-14-8-4-9-15-20)21-16-10-5-11-17-21;1-5-2-6(3-9)10-4-7(5)11(8(10)12)16-17(13,14)15/h2-18H,1H3;2,6-7H,4H2,1H3,(H,13,14,15)/q+1;/p-1/b18-2+;/t;6-,7-/m.0/s1. The van der Waals surface area contributed by atoms with E-state index in [0.29, 0.717) is 10.6 Å². The SMILES string of the molecule is C/C=C/[P+](c1ccccc1)(c1ccccc1)c1ccccc1.CC1=C[C@@H](C#N)N2C[C@@H]1N(OS(=O)(=O)[O-])C2=O. The second-order valence-corrected chi connectivity index (χ2v) is 13.2. The number of nitrogens with zero attached hydrogens (tertiary/aromatic N) is 3. The fraction of sp³-hybridized carbons (Fsp3) is 0.172. The Hall–Kier alpha value is -3.80. The van der Waals surface area contributed by atoms with E-state index in [0.717, 1.165) is 4.90 Å². The summed E-state index contributed by atoms with van der Waals surface area (Å²) >= 11 is 0. The van der Waals surface area contributed by atoms with Crippen molar-refractivity contribution in [3.05, 3.63) is 115 Å². The number of allylic oxidation sites excluding steroid dienone is 1. The highest BCUT2D eigenvalue weighted by molar-refractivity contribution is 7.98. The molecule has 0 radical (unpaired) electrons. The van der Waals surface area contributed by atoms with E-state index in [2.05, 4.69) is 114 Å². The Morgan fingerprint density at radius 2 is 1.41 bits per heavy atom. The predicted octanol–water partition coefficient (Wildman–Crippen LogP) is 3.85. The highest BCUT2D eigenvalue weighted by atomic mass is 32.3. The van der Waals surface area contributed by atoms with Crippen molar-refractivity contribution in [3.63, 3.8) is 0 Å². The average molecular weight is 562 g/mol. The van der Waals surface area contributed by atoms with Gasteiger partial charge in [-0.25, -0.2) is 13.2 Å². The van der Waals surface area contributed by atoms with Crippen LogP contribution in [0.4, 0.5) is 4.79 Å². The number of fused-ring (bicyclic) bond motifs is 2. The van der Waals surface area contributed by atoms with Gasteiger partial charge in [-0.15, -0.1) is 0 Å². The first kappa shape index (κ1) is 28.2. The summed E-state index contributed by atoms with van der Waals surface area (Å²) in [5.41, 5.74) is 0.613. The van der Waals surface area contributed by atoms with Gasteiger partial charge in [-0.3, -0.25) is 0 Å². The molecule has 0 unspecified atom stereocenters. The summed E-state index contributed by atoms with van der Waals surface area (Å²) < 4.78 is 35.6. The number of hydroxylamine groups is 2. The predicted molar refractivity (Wildman–Crippen MR) is 152 cm³/mol. The molecule has 5 rings (SSSR count). The number of nitriles is 1. The van der Waals surface area contributed by atoms with Gasteiger partial charge in [0.15, 0.2) is 0 Å². The molecule has 10 heteroatoms. The van der Waals surface area contributed by atoms with Crippen LogP contribution in [0, 0.1) is 11.3 Å². The lowest BCUT2D eigenvalue weighted by molar-refractivity contribution is -0.0222. The van der Waals surface area contributed by atoms with Crippen molar-refractivity contribution >= 4 is 39.6 Å². The summed E-state index contributed by atoms with van der Waals surface area (Å²) in [4.78, 5) is 12.9. The molecule has 0 aliphatic carbocycles. The van der Waals surface area contributed by atoms with Gasteiger partial charge >= 0.3 is 6.03 Å². The molecule has 1 fully saturated rings. The van der Waals surface area contributed by atoms with Gasteiger partial charge in [0, 0.05) is 0 Å². The van der Waals surface area contributed by atoms with E-state index in [4.69, 9.17) is 5.26 Å². The van der Waals surface area contributed by atoms with Crippen LogP contribution in [0.2, 0.25) is 0 Å². The number of carbonyl (C=O) groups is 1. The lowest BCUT2D eigenvalue weighted by Gasteiger charge is -2.24. The zero-order chi connectivity index (χ0) is 28.0. The first-order chi connectivity index (χ1) is 18.7. The van der Waals surface area contributed by atoms with E-state index in [-0.39, 0.29) is 6.54 Å². The molecule has 2 bridgehead atoms. The minimum atomic E-state index is -5.01. The highest BCUT2D eigenvalue weighted by Crippen LogP contribution is 2.56. The molecule has 2 heterocycles. The van der Waals surface area contributed by atoms with E-state index >= 15 is 0 Å². The van der Waals surface area contributed by atoms with E-state index in [1.54, 1.807) is 6.92 Å². The zero-order valence-electron chi connectivity index (χ0n) is 21.5. The second-order valence-electron chi connectivity index (χ2n) is 8.96. The van der Waals surface area contributed by atoms with Gasteiger partial charge in [0.2, 0.25) is 10.4 Å². The molecular weight excluding hydrogens is 533 g/mol. The number of carbonyl (C=O) groups excluding carboxylic acids is 1. The third-order valence-corrected chi connectivity index (χ3v) is 11.0. The maximum atomic E-state index is 11.7. The summed E-state index contributed by atoms with van der Waals surface area (Å²) in [5.74, 6) is 2.41. The fourth-order valence-electron chi connectivity index (χ4n) is 4.82. The second kappa shape index (κ2) is 11.9. The lowest BCUT2D eigenvalue weighted by atomic mass is 10.0. The molecule has 2 aliphatic rings. The molecule has 1 saturated heterocycles. The van der Waals surface area contributed by atoms with Gasteiger partial charge in [0.25, 0.3) is 0 Å². The van der Waals surface area contributed by atoms with Crippen molar-refractivity contribution in [1.82, 2.24) is 9.96 Å². The number of hydrogen-bond donors (Lipinski definition) is 0. The number of hydrogen-bond acceptors (Lipinski definition) is 6. The minimum Gasteiger partial charge on any atom is -0.724 e. The van der Waals surface area contributed by atoms with Gasteiger partial charge in [-0.1, -0.05) is 60.7 Å². The number of amides is 2. The van der Waals surface area contributed by atoms with E-state index in [1.807, 2.05) is 6.07 Å². The summed E-state index contributed by atoms with van der Waals surface area (Å²) in [5, 5.41) is 13.5. The summed E-state index contributed by atoms with van der Waals surface area (Å²) in [6, 6.07) is 32.3. The molecule has 2 aliphatic heterocycles. The smallest absolute Gasteiger partial charge is 0.347 e. The van der Waals surface area contributed by atoms with Gasteiger partial charge in [0.1, 0.15) is 35.3 Å². The Bertz CT molecular complexity index is 1410. The monoisotopic (exact) mass is 561 g/mol. The highest BCUT2D eigenvalue weighted by Gasteiger charge is 2.46. The van der Waals surface area contributed by atoms with Crippen LogP contribution < -0.4 is 15.9 Å². The van der Waals surface area contributed by atoms with Crippen molar-refractivity contribution in [2.45, 2.75) is 25.9 Å². The third kappa shape index (κ3) is 5.95. The van der Waals surface area contributed by atoms with Crippen LogP contribution in [0.1, 0.15) is 13.8 Å². The Morgan fingerprint density at radius 1 is 0.949 bits per heavy atom. The lowest BCUT2D eigenvalue weighted by Crippen LogP contribution is -2.37. The molecule has 3 aromatic carbocycles. The number of benzene rings is 3.